The molecule has 1 aromatic heterocycles. The summed E-state index contributed by atoms with van der Waals surface area (Å²) >= 11 is 7.78. The molecule has 0 amide bonds. The number of hydrogen-bond acceptors (Lipinski definition) is 7. The second-order valence-electron chi connectivity index (χ2n) is 3.37. The van der Waals surface area contributed by atoms with E-state index in [1.54, 1.807) is 23.9 Å². The minimum absolute atomic E-state index is 0.0835. The monoisotopic (exact) mass is 377 g/mol. The van der Waals surface area contributed by atoms with Gasteiger partial charge in [0.15, 0.2) is 8.68 Å². The number of nitrogens with zero attached hydrogens (tertiary/aromatic N) is 3. The van der Waals surface area contributed by atoms with E-state index in [1.165, 1.54) is 23.1 Å². The van der Waals surface area contributed by atoms with Crippen LogP contribution in [0.4, 0.5) is 5.69 Å². The van der Waals surface area contributed by atoms with Gasteiger partial charge in [-0.15, -0.1) is 10.2 Å². The van der Waals surface area contributed by atoms with E-state index < -0.39 is 4.92 Å². The molecule has 0 N–H and O–H groups in total. The average molecular weight is 378 g/mol. The highest BCUT2D eigenvalue weighted by Gasteiger charge is 2.13. The topological polar surface area (TPSA) is 68.9 Å². The maximum Gasteiger partial charge on any atom is 0.283 e. The Kier molecular flexibility index (Phi) is 5.20. The highest BCUT2D eigenvalue weighted by atomic mass is 79.9. The van der Waals surface area contributed by atoms with Gasteiger partial charge in [0.25, 0.3) is 5.69 Å². The summed E-state index contributed by atoms with van der Waals surface area (Å²) < 4.78 is 2.28. The molecule has 5 nitrogen and oxygen atoms in total. The third kappa shape index (κ3) is 3.91. The van der Waals surface area contributed by atoms with Crippen LogP contribution in [0, 0.1) is 10.1 Å². The molecule has 0 unspecified atom stereocenters. The Balaban J connectivity index is 2.07. The standard InChI is InChI=1S/C10H8BrN3O2S3/c1-17-9-12-13-10(19-9)18-5-6-2-3-7(11)8(4-6)14(15)16/h2-4H,5H2,1H3. The molecule has 2 aromatic rings. The second kappa shape index (κ2) is 6.69. The molecule has 0 aliphatic carbocycles. The molecule has 0 radical (unpaired) electrons. The first-order valence-electron chi connectivity index (χ1n) is 5.03. The van der Waals surface area contributed by atoms with Crippen molar-refractivity contribution in [3.63, 3.8) is 0 Å². The van der Waals surface area contributed by atoms with E-state index in [2.05, 4.69) is 26.1 Å². The Morgan fingerprint density at radius 1 is 1.42 bits per heavy atom. The highest BCUT2D eigenvalue weighted by Crippen LogP contribution is 2.32. The number of nitro benzene ring substituents is 1. The third-order valence-electron chi connectivity index (χ3n) is 2.13. The van der Waals surface area contributed by atoms with Crippen LogP contribution in [0.25, 0.3) is 0 Å². The minimum atomic E-state index is -0.394. The van der Waals surface area contributed by atoms with Crippen LogP contribution in [0.1, 0.15) is 5.56 Å². The number of nitro groups is 1. The number of thioether (sulfide) groups is 2. The zero-order valence-corrected chi connectivity index (χ0v) is 13.7. The van der Waals surface area contributed by atoms with Crippen LogP contribution in [0.3, 0.4) is 0 Å². The summed E-state index contributed by atoms with van der Waals surface area (Å²) in [5.74, 6) is 0.636. The number of benzene rings is 1. The van der Waals surface area contributed by atoms with Crippen LogP contribution in [0.15, 0.2) is 31.4 Å². The Labute approximate surface area is 130 Å². The van der Waals surface area contributed by atoms with Crippen molar-refractivity contribution in [1.82, 2.24) is 10.2 Å². The third-order valence-corrected chi connectivity index (χ3v) is 5.91. The summed E-state index contributed by atoms with van der Waals surface area (Å²) in [5, 5.41) is 18.9. The van der Waals surface area contributed by atoms with Gasteiger partial charge < -0.3 is 0 Å². The fraction of sp³-hybridized carbons (Fsp3) is 0.200. The Morgan fingerprint density at radius 3 is 2.79 bits per heavy atom. The first-order chi connectivity index (χ1) is 9.10. The van der Waals surface area contributed by atoms with Crippen molar-refractivity contribution in [2.75, 3.05) is 6.26 Å². The van der Waals surface area contributed by atoms with Gasteiger partial charge in [-0.05, 0) is 33.8 Å². The lowest BCUT2D eigenvalue weighted by molar-refractivity contribution is -0.385. The first-order valence-corrected chi connectivity index (χ1v) is 8.85. The SMILES string of the molecule is CSc1nnc(SCc2ccc(Br)c([N+](=O)[O-])c2)s1. The molecule has 0 aliphatic heterocycles. The van der Waals surface area contributed by atoms with Gasteiger partial charge in [0, 0.05) is 11.8 Å². The van der Waals surface area contributed by atoms with Crippen molar-refractivity contribution in [2.24, 2.45) is 0 Å². The van der Waals surface area contributed by atoms with E-state index in [1.807, 2.05) is 12.3 Å². The van der Waals surface area contributed by atoms with Crippen LogP contribution in [0.2, 0.25) is 0 Å². The van der Waals surface area contributed by atoms with Crippen molar-refractivity contribution in [3.8, 4) is 0 Å². The summed E-state index contributed by atoms with van der Waals surface area (Å²) in [6.45, 7) is 0. The molecule has 0 atom stereocenters. The van der Waals surface area contributed by atoms with Crippen LogP contribution in [-0.4, -0.2) is 21.4 Å². The lowest BCUT2D eigenvalue weighted by Gasteiger charge is -2.00. The lowest BCUT2D eigenvalue weighted by atomic mass is 10.2. The van der Waals surface area contributed by atoms with E-state index in [9.17, 15) is 10.1 Å². The summed E-state index contributed by atoms with van der Waals surface area (Å²) in [4.78, 5) is 10.4. The van der Waals surface area contributed by atoms with Crippen LogP contribution in [-0.2, 0) is 5.75 Å². The van der Waals surface area contributed by atoms with Crippen LogP contribution in [0.5, 0.6) is 0 Å². The van der Waals surface area contributed by atoms with E-state index in [4.69, 9.17) is 0 Å². The lowest BCUT2D eigenvalue weighted by Crippen LogP contribution is -1.91. The molecular formula is C10H8BrN3O2S3. The van der Waals surface area contributed by atoms with E-state index in [0.717, 1.165) is 14.2 Å². The van der Waals surface area contributed by atoms with Crippen molar-refractivity contribution >= 4 is 56.5 Å². The van der Waals surface area contributed by atoms with Gasteiger partial charge in [0.2, 0.25) is 0 Å². The number of hydrogen-bond donors (Lipinski definition) is 0. The summed E-state index contributed by atoms with van der Waals surface area (Å²) in [5.41, 5.74) is 0.973. The maximum atomic E-state index is 10.8. The second-order valence-corrected chi connectivity index (χ2v) is 7.48. The highest BCUT2D eigenvalue weighted by molar-refractivity contribution is 9.10. The molecular weight excluding hydrogens is 370 g/mol. The molecule has 0 saturated carbocycles. The fourth-order valence-electron chi connectivity index (χ4n) is 1.27. The molecule has 0 fully saturated rings. The zero-order valence-electron chi connectivity index (χ0n) is 9.70. The van der Waals surface area contributed by atoms with Crippen molar-refractivity contribution in [3.05, 3.63) is 38.3 Å². The van der Waals surface area contributed by atoms with Gasteiger partial charge in [-0.3, -0.25) is 10.1 Å². The molecule has 2 rings (SSSR count). The quantitative estimate of drug-likeness (QED) is 0.441. The smallest absolute Gasteiger partial charge is 0.258 e. The summed E-state index contributed by atoms with van der Waals surface area (Å²) in [6, 6.07) is 5.13. The predicted molar refractivity (Wildman–Crippen MR) is 82.0 cm³/mol. The predicted octanol–water partition coefficient (Wildman–Crippen LogP) is 4.22. The van der Waals surface area contributed by atoms with Gasteiger partial charge in [-0.2, -0.15) is 0 Å². The number of halogens is 1. The van der Waals surface area contributed by atoms with Gasteiger partial charge in [0.1, 0.15) is 0 Å². The molecule has 100 valence electrons. The molecule has 0 saturated heterocycles. The normalized spacial score (nSPS) is 10.6. The average Bonchev–Trinajstić information content (AvgIpc) is 2.85. The van der Waals surface area contributed by atoms with Gasteiger partial charge in [-0.25, -0.2) is 0 Å². The summed E-state index contributed by atoms with van der Waals surface area (Å²) in [6.07, 6.45) is 1.95. The Morgan fingerprint density at radius 2 is 2.16 bits per heavy atom. The minimum Gasteiger partial charge on any atom is -0.258 e. The Hall–Kier alpha value is -0.640. The van der Waals surface area contributed by atoms with Gasteiger partial charge in [-0.1, -0.05) is 40.9 Å². The molecule has 1 aromatic carbocycles. The zero-order chi connectivity index (χ0) is 13.8. The first kappa shape index (κ1) is 14.8. The van der Waals surface area contributed by atoms with E-state index in [0.29, 0.717) is 10.2 Å². The largest absolute Gasteiger partial charge is 0.283 e. The number of aromatic nitrogens is 2. The van der Waals surface area contributed by atoms with Crippen molar-refractivity contribution < 1.29 is 4.92 Å². The molecule has 0 bridgehead atoms. The number of rotatable bonds is 5. The Bertz CT molecular complexity index is 605. The molecule has 19 heavy (non-hydrogen) atoms. The molecule has 0 aliphatic rings. The van der Waals surface area contributed by atoms with E-state index >= 15 is 0 Å². The molecule has 1 heterocycles. The maximum absolute atomic E-state index is 10.8. The van der Waals surface area contributed by atoms with Crippen LogP contribution >= 0.6 is 50.8 Å². The van der Waals surface area contributed by atoms with Gasteiger partial charge in [0.05, 0.1) is 9.40 Å². The van der Waals surface area contributed by atoms with Crippen molar-refractivity contribution in [1.29, 1.82) is 0 Å². The van der Waals surface area contributed by atoms with Gasteiger partial charge >= 0.3 is 0 Å². The van der Waals surface area contributed by atoms with Crippen LogP contribution < -0.4 is 0 Å². The molecule has 0 spiro atoms. The summed E-state index contributed by atoms with van der Waals surface area (Å²) in [7, 11) is 0. The fourth-order valence-corrected chi connectivity index (χ4v) is 4.04. The van der Waals surface area contributed by atoms with E-state index in [-0.39, 0.29) is 5.69 Å². The van der Waals surface area contributed by atoms with Crippen molar-refractivity contribution in [2.45, 2.75) is 14.4 Å². The molecule has 9 heteroatoms.